The SMILES string of the molecule is C[C@H]1N=C2NC(C)(CCCc3cc(N)c2cc3CC2CCCC2)CCCN2CC(CCC(F)(F)c3cccc1c3F)C2. The van der Waals surface area contributed by atoms with Gasteiger partial charge in [-0.25, -0.2) is 13.2 Å². The number of hydrogen-bond acceptors (Lipinski definition) is 4. The zero-order chi connectivity index (χ0) is 29.5. The number of rotatable bonds is 2. The number of aryl methyl sites for hydroxylation is 1. The molecule has 5 aliphatic heterocycles. The first kappa shape index (κ1) is 29.5. The summed E-state index contributed by atoms with van der Waals surface area (Å²) in [7, 11) is 0. The molecule has 1 aliphatic carbocycles. The summed E-state index contributed by atoms with van der Waals surface area (Å²) in [5.41, 5.74) is 10.4. The molecule has 0 aromatic heterocycles. The van der Waals surface area contributed by atoms with Gasteiger partial charge in [0.2, 0.25) is 0 Å². The van der Waals surface area contributed by atoms with Crippen LogP contribution in [0.25, 0.3) is 0 Å². The van der Waals surface area contributed by atoms with Crippen LogP contribution in [-0.2, 0) is 18.8 Å². The number of nitrogen functional groups attached to an aromatic ring is 1. The second kappa shape index (κ2) is 11.9. The largest absolute Gasteiger partial charge is 0.398 e. The number of benzene rings is 2. The average Bonchev–Trinajstić information content (AvgIpc) is 3.43. The maximum atomic E-state index is 15.9. The Morgan fingerprint density at radius 1 is 1.02 bits per heavy atom. The smallest absolute Gasteiger partial charge is 0.276 e. The number of fused-ring (bicyclic) bond motifs is 9. The standard InChI is InChI=1S/C35H47F3N4/c1-23-28-11-5-12-30(32(28)36)35(37,38)16-13-25-21-42(22-25)17-7-15-34(2)14-6-10-26-20-31(39)29(33(40-23)41-34)19-27(26)18-24-8-3-4-9-24/h5,11-12,19-20,23-25H,3-4,6-10,13-18,21-22,39H2,1-2H3,(H,40,41)/t23-,34?/m1/s1. The predicted octanol–water partition coefficient (Wildman–Crippen LogP) is 7.93. The minimum Gasteiger partial charge on any atom is -0.398 e. The molecule has 8 rings (SSSR count). The molecule has 2 aromatic rings. The lowest BCUT2D eigenvalue weighted by atomic mass is 9.84. The Balaban J connectivity index is 1.43. The van der Waals surface area contributed by atoms with Crippen molar-refractivity contribution in [1.82, 2.24) is 10.2 Å². The van der Waals surface area contributed by atoms with Crippen LogP contribution in [0.4, 0.5) is 18.9 Å². The third-order valence-corrected chi connectivity index (χ3v) is 10.5. The van der Waals surface area contributed by atoms with Crippen LogP contribution >= 0.6 is 0 Å². The van der Waals surface area contributed by atoms with E-state index in [9.17, 15) is 0 Å². The monoisotopic (exact) mass is 580 g/mol. The van der Waals surface area contributed by atoms with Crippen molar-refractivity contribution >= 4 is 11.5 Å². The van der Waals surface area contributed by atoms with Crippen LogP contribution in [0.3, 0.4) is 0 Å². The number of nitrogens with zero attached hydrogens (tertiary/aromatic N) is 2. The van der Waals surface area contributed by atoms with Crippen molar-refractivity contribution in [3.8, 4) is 0 Å². The molecule has 0 spiro atoms. The number of amidine groups is 1. The first-order chi connectivity index (χ1) is 20.1. The fourth-order valence-corrected chi connectivity index (χ4v) is 7.91. The Morgan fingerprint density at radius 3 is 2.57 bits per heavy atom. The Kier molecular flexibility index (Phi) is 8.34. The Hall–Kier alpha value is -2.54. The molecule has 228 valence electrons. The van der Waals surface area contributed by atoms with E-state index >= 15 is 13.2 Å². The first-order valence-corrected chi connectivity index (χ1v) is 16.3. The van der Waals surface area contributed by atoms with Gasteiger partial charge in [-0.1, -0.05) is 43.9 Å². The quantitative estimate of drug-likeness (QED) is 0.355. The van der Waals surface area contributed by atoms with E-state index in [2.05, 4.69) is 29.3 Å². The number of hydrogen-bond donors (Lipinski definition) is 2. The fourth-order valence-electron chi connectivity index (χ4n) is 7.91. The van der Waals surface area contributed by atoms with Crippen molar-refractivity contribution in [2.24, 2.45) is 16.8 Å². The highest BCUT2D eigenvalue weighted by Crippen LogP contribution is 2.40. The van der Waals surface area contributed by atoms with Gasteiger partial charge in [0.05, 0.1) is 11.6 Å². The lowest BCUT2D eigenvalue weighted by Crippen LogP contribution is -2.49. The van der Waals surface area contributed by atoms with Crippen LogP contribution in [0.2, 0.25) is 0 Å². The van der Waals surface area contributed by atoms with Gasteiger partial charge in [-0.2, -0.15) is 0 Å². The van der Waals surface area contributed by atoms with Crippen LogP contribution in [0.15, 0.2) is 35.3 Å². The van der Waals surface area contributed by atoms with Gasteiger partial charge in [-0.15, -0.1) is 0 Å². The van der Waals surface area contributed by atoms with Gasteiger partial charge in [0.15, 0.2) is 0 Å². The molecule has 5 heterocycles. The summed E-state index contributed by atoms with van der Waals surface area (Å²) in [6.45, 7) is 6.72. The van der Waals surface area contributed by atoms with Crippen molar-refractivity contribution in [2.75, 3.05) is 25.4 Å². The topological polar surface area (TPSA) is 53.6 Å². The van der Waals surface area contributed by atoms with Crippen LogP contribution in [0, 0.1) is 17.7 Å². The average molecular weight is 581 g/mol. The summed E-state index contributed by atoms with van der Waals surface area (Å²) >= 11 is 0. The number of aliphatic imine (C=N–C) groups is 1. The van der Waals surface area contributed by atoms with E-state index in [1.807, 2.05) is 0 Å². The third-order valence-electron chi connectivity index (χ3n) is 10.5. The fraction of sp³-hybridized carbons (Fsp3) is 0.629. The molecule has 0 radical (unpaired) electrons. The lowest BCUT2D eigenvalue weighted by Gasteiger charge is -2.41. The van der Waals surface area contributed by atoms with E-state index in [4.69, 9.17) is 10.7 Å². The van der Waals surface area contributed by atoms with E-state index in [1.54, 1.807) is 19.1 Å². The van der Waals surface area contributed by atoms with Crippen molar-refractivity contribution in [1.29, 1.82) is 0 Å². The van der Waals surface area contributed by atoms with Crippen molar-refractivity contribution < 1.29 is 13.2 Å². The molecule has 0 amide bonds. The van der Waals surface area contributed by atoms with Gasteiger partial charge < -0.3 is 16.0 Å². The molecular weight excluding hydrogens is 533 g/mol. The zero-order valence-corrected chi connectivity index (χ0v) is 25.3. The summed E-state index contributed by atoms with van der Waals surface area (Å²) in [5, 5.41) is 3.82. The van der Waals surface area contributed by atoms with Gasteiger partial charge in [0.1, 0.15) is 11.7 Å². The summed E-state index contributed by atoms with van der Waals surface area (Å²) in [4.78, 5) is 7.43. The van der Waals surface area contributed by atoms with Gasteiger partial charge in [0.25, 0.3) is 5.92 Å². The van der Waals surface area contributed by atoms with E-state index in [-0.39, 0.29) is 23.4 Å². The molecule has 1 unspecified atom stereocenters. The number of anilines is 1. The van der Waals surface area contributed by atoms with Crippen molar-refractivity contribution in [3.63, 3.8) is 0 Å². The number of nitrogens with one attached hydrogen (secondary N) is 1. The summed E-state index contributed by atoms with van der Waals surface area (Å²) < 4.78 is 46.6. The Bertz CT molecular complexity index is 1310. The third kappa shape index (κ3) is 6.22. The van der Waals surface area contributed by atoms with Gasteiger partial charge in [-0.3, -0.25) is 4.99 Å². The summed E-state index contributed by atoms with van der Waals surface area (Å²) in [6, 6.07) is 8.07. The molecular formula is C35H47F3N4. The minimum atomic E-state index is -3.22. The Labute approximate surface area is 249 Å². The molecule has 1 saturated carbocycles. The van der Waals surface area contributed by atoms with Crippen LogP contribution in [0.5, 0.6) is 0 Å². The highest BCUT2D eigenvalue weighted by atomic mass is 19.3. The number of alkyl halides is 2. The van der Waals surface area contributed by atoms with E-state index in [1.165, 1.54) is 42.9 Å². The van der Waals surface area contributed by atoms with Crippen LogP contribution < -0.4 is 11.1 Å². The predicted molar refractivity (Wildman–Crippen MR) is 165 cm³/mol. The highest BCUT2D eigenvalue weighted by molar-refractivity contribution is 6.04. The van der Waals surface area contributed by atoms with Gasteiger partial charge in [-0.05, 0) is 100 Å². The lowest BCUT2D eigenvalue weighted by molar-refractivity contribution is -0.0321. The van der Waals surface area contributed by atoms with E-state index < -0.39 is 23.3 Å². The molecule has 3 N–H and O–H groups in total. The molecule has 2 aromatic carbocycles. The van der Waals surface area contributed by atoms with Gasteiger partial charge in [0, 0.05) is 41.9 Å². The summed E-state index contributed by atoms with van der Waals surface area (Å²) in [6.07, 6.45) is 11.3. The van der Waals surface area contributed by atoms with E-state index in [0.29, 0.717) is 23.9 Å². The molecule has 7 heteroatoms. The number of nitrogens with two attached hydrogens (primary N) is 1. The maximum Gasteiger partial charge on any atom is 0.276 e. The molecule has 42 heavy (non-hydrogen) atoms. The Morgan fingerprint density at radius 2 is 1.79 bits per heavy atom. The molecule has 6 aliphatic rings. The van der Waals surface area contributed by atoms with Crippen molar-refractivity contribution in [2.45, 2.75) is 108 Å². The molecule has 4 nitrogen and oxygen atoms in total. The second-order valence-electron chi connectivity index (χ2n) is 13.9. The highest BCUT2D eigenvalue weighted by Gasteiger charge is 2.38. The van der Waals surface area contributed by atoms with Gasteiger partial charge >= 0.3 is 0 Å². The maximum absolute atomic E-state index is 15.9. The van der Waals surface area contributed by atoms with E-state index in [0.717, 1.165) is 63.7 Å². The molecule has 1 saturated heterocycles. The molecule has 2 fully saturated rings. The summed E-state index contributed by atoms with van der Waals surface area (Å²) in [5.74, 6) is -2.47. The van der Waals surface area contributed by atoms with Crippen LogP contribution in [-0.4, -0.2) is 35.9 Å². The zero-order valence-electron chi connectivity index (χ0n) is 25.3. The first-order valence-electron chi connectivity index (χ1n) is 16.3. The minimum absolute atomic E-state index is 0.195. The molecule has 2 atom stereocenters. The number of halogens is 3. The normalized spacial score (nSPS) is 30.1. The second-order valence-corrected chi connectivity index (χ2v) is 13.9. The molecule has 8 bridgehead atoms. The van der Waals surface area contributed by atoms with Crippen LogP contribution in [0.1, 0.15) is 112 Å². The van der Waals surface area contributed by atoms with Crippen molar-refractivity contribution in [3.05, 3.63) is 64.0 Å².